The first kappa shape index (κ1) is 14.0. The molecule has 0 saturated carbocycles. The quantitative estimate of drug-likeness (QED) is 0.781. The first-order chi connectivity index (χ1) is 9.63. The highest BCUT2D eigenvalue weighted by molar-refractivity contribution is 6.08. The second kappa shape index (κ2) is 6.18. The Labute approximate surface area is 118 Å². The van der Waals surface area contributed by atoms with Crippen LogP contribution in [-0.2, 0) is 0 Å². The lowest BCUT2D eigenvalue weighted by atomic mass is 10.2. The van der Waals surface area contributed by atoms with E-state index in [4.69, 9.17) is 0 Å². The molecule has 2 aromatic rings. The Bertz CT molecular complexity index is 586. The first-order valence-corrected chi connectivity index (χ1v) is 6.64. The first-order valence-electron chi connectivity index (χ1n) is 6.64. The van der Waals surface area contributed by atoms with Crippen LogP contribution in [0.5, 0.6) is 0 Å². The van der Waals surface area contributed by atoms with Gasteiger partial charge >= 0.3 is 0 Å². The SMILES string of the molecule is CCCNc1ccncc1C(=O)Nc1c(C)n[nH]c1C. The normalized spacial score (nSPS) is 10.3. The van der Waals surface area contributed by atoms with Gasteiger partial charge in [0.05, 0.1) is 28.3 Å². The zero-order chi connectivity index (χ0) is 14.5. The van der Waals surface area contributed by atoms with Gasteiger partial charge in [0.15, 0.2) is 0 Å². The minimum Gasteiger partial charge on any atom is -0.384 e. The summed E-state index contributed by atoms with van der Waals surface area (Å²) in [7, 11) is 0. The number of carbonyl (C=O) groups is 1. The number of nitrogens with zero attached hydrogens (tertiary/aromatic N) is 2. The van der Waals surface area contributed by atoms with Crippen molar-refractivity contribution in [2.45, 2.75) is 27.2 Å². The number of anilines is 2. The number of carbonyl (C=O) groups excluding carboxylic acids is 1. The van der Waals surface area contributed by atoms with Gasteiger partial charge in [-0.05, 0) is 26.3 Å². The van der Waals surface area contributed by atoms with Crippen molar-refractivity contribution < 1.29 is 4.79 Å². The molecule has 1 amide bonds. The van der Waals surface area contributed by atoms with Gasteiger partial charge in [0.25, 0.3) is 5.91 Å². The van der Waals surface area contributed by atoms with E-state index >= 15 is 0 Å². The van der Waals surface area contributed by atoms with E-state index < -0.39 is 0 Å². The number of hydrogen-bond acceptors (Lipinski definition) is 4. The summed E-state index contributed by atoms with van der Waals surface area (Å²) in [6.45, 7) is 6.61. The van der Waals surface area contributed by atoms with E-state index in [1.165, 1.54) is 0 Å². The number of rotatable bonds is 5. The number of aryl methyl sites for hydroxylation is 2. The van der Waals surface area contributed by atoms with Crippen LogP contribution < -0.4 is 10.6 Å². The van der Waals surface area contributed by atoms with Crippen LogP contribution in [0.25, 0.3) is 0 Å². The van der Waals surface area contributed by atoms with E-state index in [-0.39, 0.29) is 5.91 Å². The zero-order valence-electron chi connectivity index (χ0n) is 11.9. The molecule has 2 aromatic heterocycles. The Morgan fingerprint density at radius 2 is 2.20 bits per heavy atom. The molecule has 6 nitrogen and oxygen atoms in total. The number of nitrogens with one attached hydrogen (secondary N) is 3. The van der Waals surface area contributed by atoms with Gasteiger partial charge in [-0.1, -0.05) is 6.92 Å². The van der Waals surface area contributed by atoms with Gasteiger partial charge in [0, 0.05) is 18.9 Å². The van der Waals surface area contributed by atoms with Gasteiger partial charge < -0.3 is 10.6 Å². The van der Waals surface area contributed by atoms with E-state index in [1.807, 2.05) is 13.8 Å². The summed E-state index contributed by atoms with van der Waals surface area (Å²) in [6, 6.07) is 1.81. The summed E-state index contributed by atoms with van der Waals surface area (Å²) < 4.78 is 0. The highest BCUT2D eigenvalue weighted by atomic mass is 16.1. The van der Waals surface area contributed by atoms with Gasteiger partial charge in [-0.3, -0.25) is 14.9 Å². The van der Waals surface area contributed by atoms with E-state index in [9.17, 15) is 4.79 Å². The molecule has 20 heavy (non-hydrogen) atoms. The highest BCUT2D eigenvalue weighted by Crippen LogP contribution is 2.20. The van der Waals surface area contributed by atoms with Crippen molar-refractivity contribution >= 4 is 17.3 Å². The zero-order valence-corrected chi connectivity index (χ0v) is 11.9. The molecule has 6 heteroatoms. The fourth-order valence-corrected chi connectivity index (χ4v) is 1.91. The molecule has 0 aliphatic heterocycles. The molecule has 0 aromatic carbocycles. The molecule has 0 aliphatic rings. The molecular weight excluding hydrogens is 254 g/mol. The molecule has 0 aliphatic carbocycles. The molecule has 0 saturated heterocycles. The van der Waals surface area contributed by atoms with E-state index in [0.29, 0.717) is 5.56 Å². The molecular formula is C14H19N5O. The van der Waals surface area contributed by atoms with Crippen LogP contribution in [0.2, 0.25) is 0 Å². The van der Waals surface area contributed by atoms with Crippen LogP contribution in [-0.4, -0.2) is 27.6 Å². The van der Waals surface area contributed by atoms with Crippen molar-refractivity contribution in [2.24, 2.45) is 0 Å². The molecule has 0 spiro atoms. The summed E-state index contributed by atoms with van der Waals surface area (Å²) in [5, 5.41) is 13.0. The van der Waals surface area contributed by atoms with E-state index in [2.05, 4.69) is 32.7 Å². The lowest BCUT2D eigenvalue weighted by molar-refractivity contribution is 0.102. The molecule has 2 heterocycles. The maximum Gasteiger partial charge on any atom is 0.259 e. The minimum absolute atomic E-state index is 0.190. The summed E-state index contributed by atoms with van der Waals surface area (Å²) in [4.78, 5) is 16.4. The fourth-order valence-electron chi connectivity index (χ4n) is 1.91. The average molecular weight is 273 g/mol. The number of hydrogen-bond donors (Lipinski definition) is 3. The predicted octanol–water partition coefficient (Wildman–Crippen LogP) is 2.50. The van der Waals surface area contributed by atoms with E-state index in [1.54, 1.807) is 18.5 Å². The number of aromatic nitrogens is 3. The van der Waals surface area contributed by atoms with Crippen LogP contribution in [0.15, 0.2) is 18.5 Å². The molecule has 0 atom stereocenters. The average Bonchev–Trinajstić information content (AvgIpc) is 2.77. The maximum atomic E-state index is 12.4. The van der Waals surface area contributed by atoms with Crippen molar-refractivity contribution in [1.29, 1.82) is 0 Å². The fraction of sp³-hybridized carbons (Fsp3) is 0.357. The van der Waals surface area contributed by atoms with Crippen LogP contribution in [0, 0.1) is 13.8 Å². The third-order valence-electron chi connectivity index (χ3n) is 3.00. The Kier molecular flexibility index (Phi) is 4.34. The topological polar surface area (TPSA) is 82.7 Å². The van der Waals surface area contributed by atoms with Crippen LogP contribution in [0.3, 0.4) is 0 Å². The van der Waals surface area contributed by atoms with Crippen LogP contribution in [0.1, 0.15) is 35.1 Å². The van der Waals surface area contributed by atoms with E-state index in [0.717, 1.165) is 35.7 Å². The summed E-state index contributed by atoms with van der Waals surface area (Å²) in [5.74, 6) is -0.190. The number of aromatic amines is 1. The van der Waals surface area contributed by atoms with Crippen molar-refractivity contribution in [1.82, 2.24) is 15.2 Å². The van der Waals surface area contributed by atoms with Crippen molar-refractivity contribution in [3.63, 3.8) is 0 Å². The number of H-pyrrole nitrogens is 1. The molecule has 0 radical (unpaired) electrons. The lowest BCUT2D eigenvalue weighted by Gasteiger charge is -2.11. The minimum atomic E-state index is -0.190. The van der Waals surface area contributed by atoms with Gasteiger partial charge in [0.1, 0.15) is 0 Å². The molecule has 0 bridgehead atoms. The second-order valence-electron chi connectivity index (χ2n) is 4.61. The standard InChI is InChI=1S/C14H19N5O/c1-4-6-16-12-5-7-15-8-11(12)14(20)17-13-9(2)18-19-10(13)3/h5,7-8H,4,6H2,1-3H3,(H,15,16)(H,17,20)(H,18,19). The predicted molar refractivity (Wildman–Crippen MR) is 79.0 cm³/mol. The summed E-state index contributed by atoms with van der Waals surface area (Å²) in [6.07, 6.45) is 4.23. The highest BCUT2D eigenvalue weighted by Gasteiger charge is 2.15. The Morgan fingerprint density at radius 1 is 1.40 bits per heavy atom. The third-order valence-corrected chi connectivity index (χ3v) is 3.00. The Balaban J connectivity index is 2.21. The lowest BCUT2D eigenvalue weighted by Crippen LogP contribution is -2.16. The van der Waals surface area contributed by atoms with Crippen molar-refractivity contribution in [3.8, 4) is 0 Å². The van der Waals surface area contributed by atoms with Crippen molar-refractivity contribution in [2.75, 3.05) is 17.2 Å². The largest absolute Gasteiger partial charge is 0.384 e. The van der Waals surface area contributed by atoms with Gasteiger partial charge in [-0.25, -0.2) is 0 Å². The van der Waals surface area contributed by atoms with Gasteiger partial charge in [-0.2, -0.15) is 5.10 Å². The Morgan fingerprint density at radius 3 is 2.85 bits per heavy atom. The van der Waals surface area contributed by atoms with Crippen LogP contribution in [0.4, 0.5) is 11.4 Å². The Hall–Kier alpha value is -2.37. The molecule has 3 N–H and O–H groups in total. The molecule has 106 valence electrons. The smallest absolute Gasteiger partial charge is 0.259 e. The summed E-state index contributed by atoms with van der Waals surface area (Å²) in [5.41, 5.74) is 3.64. The summed E-state index contributed by atoms with van der Waals surface area (Å²) >= 11 is 0. The molecule has 2 rings (SSSR count). The van der Waals surface area contributed by atoms with Gasteiger partial charge in [0.2, 0.25) is 0 Å². The second-order valence-corrected chi connectivity index (χ2v) is 4.61. The maximum absolute atomic E-state index is 12.4. The monoisotopic (exact) mass is 273 g/mol. The van der Waals surface area contributed by atoms with Gasteiger partial charge in [-0.15, -0.1) is 0 Å². The van der Waals surface area contributed by atoms with Crippen molar-refractivity contribution in [3.05, 3.63) is 35.4 Å². The molecule has 0 fully saturated rings. The number of pyridine rings is 1. The molecule has 0 unspecified atom stereocenters. The number of amides is 1. The van der Waals surface area contributed by atoms with Crippen LogP contribution >= 0.6 is 0 Å². The third kappa shape index (κ3) is 2.96.